The van der Waals surface area contributed by atoms with E-state index in [0.717, 1.165) is 35.7 Å². The Morgan fingerprint density at radius 3 is 1.96 bits per heavy atom. The molecule has 2 heterocycles. The molecule has 0 spiro atoms. The number of rotatable bonds is 6. The van der Waals surface area contributed by atoms with Crippen molar-refractivity contribution in [1.29, 1.82) is 0 Å². The summed E-state index contributed by atoms with van der Waals surface area (Å²) in [6, 6.07) is 58.9. The number of nitrogens with zero attached hydrogens (tertiary/aromatic N) is 2. The number of anilines is 5. The third kappa shape index (κ3) is 4.61. The fourth-order valence-electron chi connectivity index (χ4n) is 7.38. The quantitative estimate of drug-likeness (QED) is 0.192. The first-order valence-corrected chi connectivity index (χ1v) is 16.2. The van der Waals surface area contributed by atoms with E-state index in [1.54, 1.807) is 0 Å². The standard InChI is InChI=1S/C43H32BN3/c1-29-26-37(42-41(27-29)47-40-23-12-11-20-34(40)35-21-13-22-38(44-42)43(35)47)36-28-33(24-25-39(36)45-30-14-5-2-6-15-30)46(31-16-7-3-8-17-31)32-18-9-4-10-19-32/h2-28,44-45H,1H3. The summed E-state index contributed by atoms with van der Waals surface area (Å²) in [6.45, 7) is 2.22. The van der Waals surface area contributed by atoms with E-state index >= 15 is 0 Å². The monoisotopic (exact) mass is 601 g/mol. The molecule has 1 aromatic heterocycles. The van der Waals surface area contributed by atoms with E-state index in [4.69, 9.17) is 0 Å². The van der Waals surface area contributed by atoms with Gasteiger partial charge in [-0.05, 0) is 90.2 Å². The molecule has 1 aliphatic heterocycles. The van der Waals surface area contributed by atoms with Crippen molar-refractivity contribution >= 4 is 68.4 Å². The Bertz CT molecular complexity index is 2380. The zero-order valence-corrected chi connectivity index (χ0v) is 26.2. The van der Waals surface area contributed by atoms with Crippen LogP contribution in [-0.4, -0.2) is 11.8 Å². The second-order valence-corrected chi connectivity index (χ2v) is 12.4. The van der Waals surface area contributed by atoms with Gasteiger partial charge < -0.3 is 14.8 Å². The Labute approximate surface area is 275 Å². The van der Waals surface area contributed by atoms with E-state index in [1.807, 2.05) is 0 Å². The number of hydrogen-bond acceptors (Lipinski definition) is 2. The molecule has 0 atom stereocenters. The van der Waals surface area contributed by atoms with Gasteiger partial charge in [-0.1, -0.05) is 103 Å². The summed E-state index contributed by atoms with van der Waals surface area (Å²) < 4.78 is 2.50. The van der Waals surface area contributed by atoms with Gasteiger partial charge in [0.25, 0.3) is 0 Å². The van der Waals surface area contributed by atoms with Crippen LogP contribution in [0.15, 0.2) is 164 Å². The average molecular weight is 602 g/mol. The minimum Gasteiger partial charge on any atom is -0.355 e. The maximum atomic E-state index is 3.78. The molecule has 0 saturated carbocycles. The first-order chi connectivity index (χ1) is 23.2. The second-order valence-electron chi connectivity index (χ2n) is 12.4. The molecule has 0 radical (unpaired) electrons. The lowest BCUT2D eigenvalue weighted by Gasteiger charge is -2.28. The molecule has 0 saturated heterocycles. The van der Waals surface area contributed by atoms with Gasteiger partial charge in [0.2, 0.25) is 0 Å². The summed E-state index contributed by atoms with van der Waals surface area (Å²) in [5.74, 6) is 0. The number of hydrogen-bond donors (Lipinski definition) is 1. The van der Waals surface area contributed by atoms with E-state index < -0.39 is 0 Å². The van der Waals surface area contributed by atoms with Gasteiger partial charge in [-0.15, -0.1) is 0 Å². The van der Waals surface area contributed by atoms with Crippen molar-refractivity contribution in [3.05, 3.63) is 169 Å². The molecule has 1 N–H and O–H groups in total. The van der Waals surface area contributed by atoms with Crippen LogP contribution in [0.25, 0.3) is 38.6 Å². The lowest BCUT2D eigenvalue weighted by Crippen LogP contribution is -2.37. The molecule has 8 aromatic rings. The van der Waals surface area contributed by atoms with E-state index in [9.17, 15) is 0 Å². The number of benzene rings is 7. The Balaban J connectivity index is 1.31. The smallest absolute Gasteiger partial charge is 0.198 e. The van der Waals surface area contributed by atoms with Crippen molar-refractivity contribution in [1.82, 2.24) is 4.57 Å². The number of nitrogens with one attached hydrogen (secondary N) is 1. The van der Waals surface area contributed by atoms with Gasteiger partial charge in [0.05, 0.1) is 5.52 Å². The fraction of sp³-hybridized carbons (Fsp3) is 0.0233. The minimum absolute atomic E-state index is 0.870. The summed E-state index contributed by atoms with van der Waals surface area (Å²) in [5, 5.41) is 6.40. The maximum absolute atomic E-state index is 3.78. The van der Waals surface area contributed by atoms with Crippen LogP contribution in [0, 0.1) is 6.92 Å². The Hall–Kier alpha value is -6.00. The van der Waals surface area contributed by atoms with Crippen LogP contribution < -0.4 is 21.1 Å². The summed E-state index contributed by atoms with van der Waals surface area (Å²) in [4.78, 5) is 2.34. The molecule has 222 valence electrons. The molecule has 3 nitrogen and oxygen atoms in total. The minimum atomic E-state index is 0.870. The van der Waals surface area contributed by atoms with Crippen LogP contribution >= 0.6 is 0 Å². The third-order valence-corrected chi connectivity index (χ3v) is 9.39. The average Bonchev–Trinajstić information content (AvgIpc) is 3.46. The number of aryl methyl sites for hydroxylation is 1. The normalized spacial score (nSPS) is 11.7. The fourth-order valence-corrected chi connectivity index (χ4v) is 7.38. The maximum Gasteiger partial charge on any atom is 0.198 e. The highest BCUT2D eigenvalue weighted by Crippen LogP contribution is 2.41. The third-order valence-electron chi connectivity index (χ3n) is 9.39. The molecule has 47 heavy (non-hydrogen) atoms. The van der Waals surface area contributed by atoms with Crippen LogP contribution in [0.5, 0.6) is 0 Å². The van der Waals surface area contributed by atoms with E-state index in [1.165, 1.54) is 55.1 Å². The van der Waals surface area contributed by atoms with Crippen LogP contribution in [0.4, 0.5) is 28.4 Å². The SMILES string of the molecule is Cc1cc(-c2cc(N(c3ccccc3)c3ccccc3)ccc2Nc2ccccc2)c2c(c1)-n1c3ccccc3c3cccc(c31)B2. The molecule has 0 unspecified atom stereocenters. The molecular formula is C43H32BN3. The van der Waals surface area contributed by atoms with Crippen molar-refractivity contribution in [2.75, 3.05) is 10.2 Å². The van der Waals surface area contributed by atoms with Gasteiger partial charge in [-0.25, -0.2) is 0 Å². The van der Waals surface area contributed by atoms with Crippen LogP contribution in [0.2, 0.25) is 0 Å². The van der Waals surface area contributed by atoms with Gasteiger partial charge >= 0.3 is 0 Å². The van der Waals surface area contributed by atoms with Gasteiger partial charge in [-0.2, -0.15) is 0 Å². The van der Waals surface area contributed by atoms with E-state index in [2.05, 4.69) is 185 Å². The van der Waals surface area contributed by atoms with Crippen molar-refractivity contribution in [3.8, 4) is 16.8 Å². The van der Waals surface area contributed by atoms with Gasteiger partial charge in [0.15, 0.2) is 7.28 Å². The summed E-state index contributed by atoms with van der Waals surface area (Å²) >= 11 is 0. The van der Waals surface area contributed by atoms with Crippen molar-refractivity contribution in [2.45, 2.75) is 6.92 Å². The van der Waals surface area contributed by atoms with Gasteiger partial charge in [0.1, 0.15) is 0 Å². The van der Waals surface area contributed by atoms with Crippen LogP contribution in [0.3, 0.4) is 0 Å². The van der Waals surface area contributed by atoms with E-state index in [0.29, 0.717) is 0 Å². The first-order valence-electron chi connectivity index (χ1n) is 16.2. The first kappa shape index (κ1) is 27.3. The highest BCUT2D eigenvalue weighted by Gasteiger charge is 2.27. The Morgan fingerprint density at radius 1 is 0.553 bits per heavy atom. The van der Waals surface area contributed by atoms with Crippen molar-refractivity contribution in [3.63, 3.8) is 0 Å². The van der Waals surface area contributed by atoms with Gasteiger partial charge in [-0.3, -0.25) is 0 Å². The number of fused-ring (bicyclic) bond motifs is 5. The Morgan fingerprint density at radius 2 is 1.21 bits per heavy atom. The highest BCUT2D eigenvalue weighted by atomic mass is 15.1. The van der Waals surface area contributed by atoms with Crippen LogP contribution in [0.1, 0.15) is 5.56 Å². The molecule has 0 amide bonds. The lowest BCUT2D eigenvalue weighted by molar-refractivity contribution is 1.18. The number of aromatic nitrogens is 1. The molecule has 9 rings (SSSR count). The lowest BCUT2D eigenvalue weighted by atomic mass is 9.59. The topological polar surface area (TPSA) is 20.2 Å². The predicted molar refractivity (Wildman–Crippen MR) is 202 cm³/mol. The highest BCUT2D eigenvalue weighted by molar-refractivity contribution is 6.73. The molecule has 0 fully saturated rings. The van der Waals surface area contributed by atoms with Crippen molar-refractivity contribution in [2.24, 2.45) is 0 Å². The summed E-state index contributed by atoms with van der Waals surface area (Å²) in [6.07, 6.45) is 0. The Kier molecular flexibility index (Phi) is 6.46. The van der Waals surface area contributed by atoms with Crippen molar-refractivity contribution < 1.29 is 0 Å². The van der Waals surface area contributed by atoms with Gasteiger partial charge in [0, 0.05) is 56.0 Å². The number of para-hydroxylation sites is 5. The summed E-state index contributed by atoms with van der Waals surface area (Å²) in [5.41, 5.74) is 15.7. The largest absolute Gasteiger partial charge is 0.355 e. The van der Waals surface area contributed by atoms with E-state index in [-0.39, 0.29) is 0 Å². The molecule has 7 aromatic carbocycles. The molecule has 4 heteroatoms. The molecular weight excluding hydrogens is 569 g/mol. The molecule has 0 aliphatic carbocycles. The van der Waals surface area contributed by atoms with Crippen LogP contribution in [-0.2, 0) is 0 Å². The summed E-state index contributed by atoms with van der Waals surface area (Å²) in [7, 11) is 0.870. The zero-order chi connectivity index (χ0) is 31.3. The molecule has 1 aliphatic rings. The molecule has 0 bridgehead atoms. The zero-order valence-electron chi connectivity index (χ0n) is 26.2. The second kappa shape index (κ2) is 11.1. The predicted octanol–water partition coefficient (Wildman–Crippen LogP) is 9.67.